The van der Waals surface area contributed by atoms with Crippen molar-refractivity contribution < 1.29 is 18.3 Å². The standard InChI is InChI=1S/C13H17F3N2O/c14-13(15,16)11-7-8(17)1-6-12(11)18-9-2-4-10(19)5-3-9/h1,6-7,9-10,18-19H,2-5,17H2. The summed E-state index contributed by atoms with van der Waals surface area (Å²) in [5.41, 5.74) is 4.83. The maximum absolute atomic E-state index is 12.9. The van der Waals surface area contributed by atoms with Gasteiger partial charge in [-0.05, 0) is 43.9 Å². The summed E-state index contributed by atoms with van der Waals surface area (Å²) >= 11 is 0. The second kappa shape index (κ2) is 5.28. The van der Waals surface area contributed by atoms with Gasteiger partial charge in [0.1, 0.15) is 0 Å². The molecule has 0 spiro atoms. The molecular weight excluding hydrogens is 257 g/mol. The van der Waals surface area contributed by atoms with Crippen LogP contribution in [0.5, 0.6) is 0 Å². The molecule has 0 saturated heterocycles. The van der Waals surface area contributed by atoms with E-state index < -0.39 is 11.7 Å². The molecule has 0 radical (unpaired) electrons. The van der Waals surface area contributed by atoms with E-state index >= 15 is 0 Å². The Balaban J connectivity index is 2.16. The van der Waals surface area contributed by atoms with E-state index in [9.17, 15) is 18.3 Å². The van der Waals surface area contributed by atoms with Gasteiger partial charge in [0.15, 0.2) is 0 Å². The molecule has 6 heteroatoms. The smallest absolute Gasteiger partial charge is 0.399 e. The summed E-state index contributed by atoms with van der Waals surface area (Å²) in [6, 6.07) is 3.73. The topological polar surface area (TPSA) is 58.3 Å². The molecule has 19 heavy (non-hydrogen) atoms. The minimum Gasteiger partial charge on any atom is -0.399 e. The maximum Gasteiger partial charge on any atom is 0.418 e. The fraction of sp³-hybridized carbons (Fsp3) is 0.538. The number of hydrogen-bond donors (Lipinski definition) is 3. The van der Waals surface area contributed by atoms with Crippen LogP contribution < -0.4 is 11.1 Å². The molecule has 4 N–H and O–H groups in total. The molecule has 1 aromatic carbocycles. The van der Waals surface area contributed by atoms with E-state index in [0.29, 0.717) is 25.7 Å². The Morgan fingerprint density at radius 3 is 2.37 bits per heavy atom. The van der Waals surface area contributed by atoms with Gasteiger partial charge in [0, 0.05) is 17.4 Å². The van der Waals surface area contributed by atoms with Crippen LogP contribution in [-0.4, -0.2) is 17.3 Å². The molecule has 0 bridgehead atoms. The predicted molar refractivity (Wildman–Crippen MR) is 67.7 cm³/mol. The molecule has 1 saturated carbocycles. The lowest BCUT2D eigenvalue weighted by molar-refractivity contribution is -0.136. The van der Waals surface area contributed by atoms with Gasteiger partial charge in [-0.25, -0.2) is 0 Å². The van der Waals surface area contributed by atoms with Crippen molar-refractivity contribution in [2.75, 3.05) is 11.1 Å². The summed E-state index contributed by atoms with van der Waals surface area (Å²) in [5, 5.41) is 12.3. The Labute approximate surface area is 109 Å². The number of hydrogen-bond acceptors (Lipinski definition) is 3. The van der Waals surface area contributed by atoms with Crippen LogP contribution in [0.25, 0.3) is 0 Å². The lowest BCUT2D eigenvalue weighted by Gasteiger charge is -2.28. The number of alkyl halides is 3. The first-order valence-electron chi connectivity index (χ1n) is 6.27. The first kappa shape index (κ1) is 14.0. The van der Waals surface area contributed by atoms with Crippen LogP contribution in [0.15, 0.2) is 18.2 Å². The number of benzene rings is 1. The van der Waals surface area contributed by atoms with Crippen LogP contribution in [0.3, 0.4) is 0 Å². The van der Waals surface area contributed by atoms with Crippen LogP contribution in [0.2, 0.25) is 0 Å². The summed E-state index contributed by atoms with van der Waals surface area (Å²) in [6.45, 7) is 0. The highest BCUT2D eigenvalue weighted by atomic mass is 19.4. The Bertz CT molecular complexity index is 440. The van der Waals surface area contributed by atoms with Crippen molar-refractivity contribution in [3.8, 4) is 0 Å². The van der Waals surface area contributed by atoms with Crippen molar-refractivity contribution in [1.82, 2.24) is 0 Å². The van der Waals surface area contributed by atoms with E-state index in [0.717, 1.165) is 6.07 Å². The third-order valence-electron chi connectivity index (χ3n) is 3.41. The van der Waals surface area contributed by atoms with Gasteiger partial charge in [-0.3, -0.25) is 0 Å². The minimum absolute atomic E-state index is 0.0341. The summed E-state index contributed by atoms with van der Waals surface area (Å²) in [5.74, 6) is 0. The molecular formula is C13H17F3N2O. The predicted octanol–water partition coefficient (Wildman–Crippen LogP) is 3.00. The van der Waals surface area contributed by atoms with Crippen molar-refractivity contribution >= 4 is 11.4 Å². The highest BCUT2D eigenvalue weighted by Gasteiger charge is 2.34. The van der Waals surface area contributed by atoms with E-state index in [1.807, 2.05) is 0 Å². The van der Waals surface area contributed by atoms with Gasteiger partial charge in [-0.1, -0.05) is 0 Å². The van der Waals surface area contributed by atoms with Gasteiger partial charge in [-0.15, -0.1) is 0 Å². The van der Waals surface area contributed by atoms with Crippen LogP contribution in [-0.2, 0) is 6.18 Å². The number of halogens is 3. The molecule has 1 aliphatic carbocycles. The highest BCUT2D eigenvalue weighted by Crippen LogP contribution is 2.37. The van der Waals surface area contributed by atoms with Gasteiger partial charge in [0.25, 0.3) is 0 Å². The molecule has 0 heterocycles. The monoisotopic (exact) mass is 274 g/mol. The second-order valence-electron chi connectivity index (χ2n) is 4.95. The molecule has 0 unspecified atom stereocenters. The van der Waals surface area contributed by atoms with Crippen LogP contribution >= 0.6 is 0 Å². The lowest BCUT2D eigenvalue weighted by Crippen LogP contribution is -2.29. The van der Waals surface area contributed by atoms with Gasteiger partial charge in [0.05, 0.1) is 11.7 Å². The van der Waals surface area contributed by atoms with Crippen LogP contribution in [0, 0.1) is 0 Å². The summed E-state index contributed by atoms with van der Waals surface area (Å²) < 4.78 is 38.7. The Kier molecular flexibility index (Phi) is 3.89. The van der Waals surface area contributed by atoms with Crippen molar-refractivity contribution in [1.29, 1.82) is 0 Å². The molecule has 0 aliphatic heterocycles. The SMILES string of the molecule is Nc1ccc(NC2CCC(O)CC2)c(C(F)(F)F)c1. The van der Waals surface area contributed by atoms with Crippen molar-refractivity contribution in [2.45, 2.75) is 44.0 Å². The van der Waals surface area contributed by atoms with Crippen molar-refractivity contribution in [3.05, 3.63) is 23.8 Å². The minimum atomic E-state index is -4.42. The molecule has 2 rings (SSSR count). The number of aliphatic hydroxyl groups excluding tert-OH is 1. The highest BCUT2D eigenvalue weighted by molar-refractivity contribution is 5.59. The third-order valence-corrected chi connectivity index (χ3v) is 3.41. The first-order valence-corrected chi connectivity index (χ1v) is 6.27. The van der Waals surface area contributed by atoms with Crippen LogP contribution in [0.4, 0.5) is 24.5 Å². The summed E-state index contributed by atoms with van der Waals surface area (Å²) in [4.78, 5) is 0. The Morgan fingerprint density at radius 2 is 1.79 bits per heavy atom. The largest absolute Gasteiger partial charge is 0.418 e. The maximum atomic E-state index is 12.9. The molecule has 1 fully saturated rings. The van der Waals surface area contributed by atoms with Crippen LogP contribution in [0.1, 0.15) is 31.2 Å². The van der Waals surface area contributed by atoms with Crippen molar-refractivity contribution in [3.63, 3.8) is 0 Å². The second-order valence-corrected chi connectivity index (χ2v) is 4.95. The fourth-order valence-corrected chi connectivity index (χ4v) is 2.36. The first-order chi connectivity index (χ1) is 8.86. The normalized spacial score (nSPS) is 24.2. The molecule has 3 nitrogen and oxygen atoms in total. The number of nitrogens with one attached hydrogen (secondary N) is 1. The fourth-order valence-electron chi connectivity index (χ4n) is 2.36. The third kappa shape index (κ3) is 3.53. The van der Waals surface area contributed by atoms with E-state index in [1.54, 1.807) is 0 Å². The van der Waals surface area contributed by atoms with Gasteiger partial charge < -0.3 is 16.2 Å². The van der Waals surface area contributed by atoms with Crippen molar-refractivity contribution in [2.24, 2.45) is 0 Å². The Hall–Kier alpha value is -1.43. The van der Waals surface area contributed by atoms with E-state index in [1.165, 1.54) is 12.1 Å². The number of rotatable bonds is 2. The molecule has 0 atom stereocenters. The summed E-state index contributed by atoms with van der Waals surface area (Å²) in [6.07, 6.45) is -2.17. The Morgan fingerprint density at radius 1 is 1.16 bits per heavy atom. The number of nitrogens with two attached hydrogens (primary N) is 1. The number of nitrogen functional groups attached to an aromatic ring is 1. The van der Waals surface area contributed by atoms with Gasteiger partial charge in [0.2, 0.25) is 0 Å². The van der Waals surface area contributed by atoms with E-state index in [2.05, 4.69) is 5.32 Å². The molecule has 0 aromatic heterocycles. The lowest BCUT2D eigenvalue weighted by atomic mass is 9.92. The average Bonchev–Trinajstić information content (AvgIpc) is 2.33. The average molecular weight is 274 g/mol. The molecule has 1 aromatic rings. The number of aliphatic hydroxyl groups is 1. The zero-order valence-corrected chi connectivity index (χ0v) is 10.4. The molecule has 1 aliphatic rings. The van der Waals surface area contributed by atoms with Gasteiger partial charge in [-0.2, -0.15) is 13.2 Å². The molecule has 0 amide bonds. The molecule has 106 valence electrons. The van der Waals surface area contributed by atoms with E-state index in [-0.39, 0.29) is 23.5 Å². The van der Waals surface area contributed by atoms with Gasteiger partial charge >= 0.3 is 6.18 Å². The zero-order valence-electron chi connectivity index (χ0n) is 10.4. The quantitative estimate of drug-likeness (QED) is 0.727. The zero-order chi connectivity index (χ0) is 14.0. The number of anilines is 2. The van der Waals surface area contributed by atoms with E-state index in [4.69, 9.17) is 5.73 Å². The summed E-state index contributed by atoms with van der Waals surface area (Å²) in [7, 11) is 0.